The third kappa shape index (κ3) is 2.31. The van der Waals surface area contributed by atoms with Crippen LogP contribution in [0.25, 0.3) is 4.96 Å². The van der Waals surface area contributed by atoms with Crippen molar-refractivity contribution in [1.29, 1.82) is 0 Å². The lowest BCUT2D eigenvalue weighted by molar-refractivity contribution is 0.773. The molecule has 19 heavy (non-hydrogen) atoms. The molecule has 2 aromatic heterocycles. The van der Waals surface area contributed by atoms with E-state index in [1.54, 1.807) is 11.3 Å². The highest BCUT2D eigenvalue weighted by Gasteiger charge is 2.13. The van der Waals surface area contributed by atoms with Gasteiger partial charge in [0.05, 0.1) is 0 Å². The number of nitrogen functional groups attached to an aromatic ring is 1. The second-order valence-electron chi connectivity index (χ2n) is 4.82. The maximum absolute atomic E-state index is 5.68. The first-order valence-electron chi connectivity index (χ1n) is 6.19. The molecule has 0 amide bonds. The van der Waals surface area contributed by atoms with Gasteiger partial charge in [0, 0.05) is 18.0 Å². The maximum Gasteiger partial charge on any atom is 0.234 e. The molecule has 6 heteroatoms. The summed E-state index contributed by atoms with van der Waals surface area (Å²) in [5, 5.41) is 14.0. The Morgan fingerprint density at radius 2 is 1.95 bits per heavy atom. The molecule has 2 heterocycles. The van der Waals surface area contributed by atoms with Crippen molar-refractivity contribution in [3.63, 3.8) is 0 Å². The summed E-state index contributed by atoms with van der Waals surface area (Å²) in [6, 6.07) is 7.81. The number of benzene rings is 1. The summed E-state index contributed by atoms with van der Waals surface area (Å²) in [6.07, 6.45) is 0.711. The monoisotopic (exact) mass is 273 g/mol. The average Bonchev–Trinajstić information content (AvgIpc) is 2.94. The summed E-state index contributed by atoms with van der Waals surface area (Å²) in [5.41, 5.74) is 7.61. The Hall–Kier alpha value is -1.95. The number of nitrogens with zero attached hydrogens (tertiary/aromatic N) is 4. The number of aromatic nitrogens is 4. The molecule has 98 valence electrons. The molecular weight excluding hydrogens is 258 g/mol. The predicted molar refractivity (Wildman–Crippen MR) is 76.4 cm³/mol. The van der Waals surface area contributed by atoms with E-state index in [4.69, 9.17) is 5.73 Å². The predicted octanol–water partition coefficient (Wildman–Crippen LogP) is 2.48. The van der Waals surface area contributed by atoms with Crippen molar-refractivity contribution in [3.8, 4) is 0 Å². The molecule has 3 rings (SSSR count). The van der Waals surface area contributed by atoms with Gasteiger partial charge in [-0.1, -0.05) is 37.3 Å². The van der Waals surface area contributed by atoms with Crippen LogP contribution in [0, 0.1) is 0 Å². The van der Waals surface area contributed by atoms with Crippen LogP contribution >= 0.6 is 11.3 Å². The van der Waals surface area contributed by atoms with Crippen LogP contribution in [0.4, 0.5) is 5.69 Å². The van der Waals surface area contributed by atoms with Gasteiger partial charge in [-0.05, 0) is 17.7 Å². The summed E-state index contributed by atoms with van der Waals surface area (Å²) < 4.78 is 1.84. The van der Waals surface area contributed by atoms with Gasteiger partial charge in [-0.2, -0.15) is 9.61 Å². The van der Waals surface area contributed by atoms with Crippen molar-refractivity contribution in [2.45, 2.75) is 26.2 Å². The number of fused-ring (bicyclic) bond motifs is 1. The molecule has 0 unspecified atom stereocenters. The molecule has 1 aromatic carbocycles. The minimum absolute atomic E-state index is 0.413. The van der Waals surface area contributed by atoms with Crippen molar-refractivity contribution in [3.05, 3.63) is 40.7 Å². The fourth-order valence-corrected chi connectivity index (χ4v) is 2.69. The second kappa shape index (κ2) is 4.62. The molecule has 0 saturated heterocycles. The van der Waals surface area contributed by atoms with Crippen LogP contribution in [0.5, 0.6) is 0 Å². The third-order valence-corrected chi connectivity index (χ3v) is 4.11. The fraction of sp³-hybridized carbons (Fsp3) is 0.308. The Bertz CT molecular complexity index is 695. The van der Waals surface area contributed by atoms with Crippen molar-refractivity contribution in [2.75, 3.05) is 5.73 Å². The zero-order chi connectivity index (χ0) is 13.4. The van der Waals surface area contributed by atoms with Gasteiger partial charge in [0.25, 0.3) is 0 Å². The second-order valence-corrected chi connectivity index (χ2v) is 5.81. The van der Waals surface area contributed by atoms with Gasteiger partial charge in [0.1, 0.15) is 5.01 Å². The highest BCUT2D eigenvalue weighted by molar-refractivity contribution is 7.16. The SMILES string of the molecule is CC(C)c1nn2c(Cc3ccc(N)cc3)nnc2s1. The molecule has 0 saturated carbocycles. The summed E-state index contributed by atoms with van der Waals surface area (Å²) in [5.74, 6) is 1.28. The molecule has 0 bridgehead atoms. The van der Waals surface area contributed by atoms with E-state index in [2.05, 4.69) is 29.1 Å². The molecule has 3 aromatic rings. The van der Waals surface area contributed by atoms with E-state index in [1.807, 2.05) is 28.8 Å². The zero-order valence-electron chi connectivity index (χ0n) is 10.9. The van der Waals surface area contributed by atoms with Crippen LogP contribution in [-0.4, -0.2) is 19.8 Å². The number of hydrogen-bond acceptors (Lipinski definition) is 5. The van der Waals surface area contributed by atoms with E-state index in [9.17, 15) is 0 Å². The topological polar surface area (TPSA) is 69.1 Å². The van der Waals surface area contributed by atoms with Crippen molar-refractivity contribution < 1.29 is 0 Å². The first-order valence-corrected chi connectivity index (χ1v) is 7.00. The van der Waals surface area contributed by atoms with Crippen LogP contribution in [0.3, 0.4) is 0 Å². The smallest absolute Gasteiger partial charge is 0.234 e. The standard InChI is InChI=1S/C13H15N5S/c1-8(2)12-17-18-11(15-16-13(18)19-12)7-9-3-5-10(14)6-4-9/h3-6,8H,7,14H2,1-2H3. The summed E-state index contributed by atoms with van der Waals surface area (Å²) >= 11 is 1.60. The summed E-state index contributed by atoms with van der Waals surface area (Å²) in [4.78, 5) is 0.856. The van der Waals surface area contributed by atoms with Crippen LogP contribution in [0.1, 0.15) is 36.2 Å². The average molecular weight is 273 g/mol. The normalized spacial score (nSPS) is 11.5. The molecule has 0 atom stereocenters. The lowest BCUT2D eigenvalue weighted by Gasteiger charge is -1.99. The van der Waals surface area contributed by atoms with Crippen molar-refractivity contribution in [1.82, 2.24) is 19.8 Å². The van der Waals surface area contributed by atoms with E-state index < -0.39 is 0 Å². The molecule has 2 N–H and O–H groups in total. The highest BCUT2D eigenvalue weighted by Crippen LogP contribution is 2.22. The van der Waals surface area contributed by atoms with E-state index in [0.717, 1.165) is 27.0 Å². The molecule has 0 aliphatic heterocycles. The lowest BCUT2D eigenvalue weighted by atomic mass is 10.1. The van der Waals surface area contributed by atoms with E-state index in [0.29, 0.717) is 12.3 Å². The van der Waals surface area contributed by atoms with Gasteiger partial charge in [-0.25, -0.2) is 0 Å². The van der Waals surface area contributed by atoms with E-state index >= 15 is 0 Å². The number of hydrogen-bond donors (Lipinski definition) is 1. The lowest BCUT2D eigenvalue weighted by Crippen LogP contribution is -1.99. The quantitative estimate of drug-likeness (QED) is 0.744. The highest BCUT2D eigenvalue weighted by atomic mass is 32.1. The zero-order valence-corrected chi connectivity index (χ0v) is 11.7. The minimum Gasteiger partial charge on any atom is -0.399 e. The molecule has 5 nitrogen and oxygen atoms in total. The Labute approximate surface area is 115 Å². The molecule has 0 fully saturated rings. The molecular formula is C13H15N5S. The minimum atomic E-state index is 0.413. The van der Waals surface area contributed by atoms with Gasteiger partial charge < -0.3 is 5.73 Å². The van der Waals surface area contributed by atoms with Crippen molar-refractivity contribution in [2.24, 2.45) is 0 Å². The van der Waals surface area contributed by atoms with E-state index in [-0.39, 0.29) is 0 Å². The number of rotatable bonds is 3. The van der Waals surface area contributed by atoms with Crippen LogP contribution in [0.2, 0.25) is 0 Å². The van der Waals surface area contributed by atoms with E-state index in [1.165, 1.54) is 0 Å². The van der Waals surface area contributed by atoms with Crippen LogP contribution < -0.4 is 5.73 Å². The van der Waals surface area contributed by atoms with Crippen LogP contribution in [0.15, 0.2) is 24.3 Å². The fourth-order valence-electron chi connectivity index (χ4n) is 1.83. The Balaban J connectivity index is 1.94. The van der Waals surface area contributed by atoms with Crippen LogP contribution in [-0.2, 0) is 6.42 Å². The summed E-state index contributed by atoms with van der Waals surface area (Å²) in [6.45, 7) is 4.26. The molecule has 0 radical (unpaired) electrons. The largest absolute Gasteiger partial charge is 0.399 e. The first-order chi connectivity index (χ1) is 9.13. The van der Waals surface area contributed by atoms with Gasteiger partial charge in [0.2, 0.25) is 4.96 Å². The van der Waals surface area contributed by atoms with Gasteiger partial charge in [-0.3, -0.25) is 0 Å². The molecule has 0 aliphatic rings. The van der Waals surface area contributed by atoms with Gasteiger partial charge in [0.15, 0.2) is 5.82 Å². The van der Waals surface area contributed by atoms with Gasteiger partial charge in [-0.15, -0.1) is 10.2 Å². The molecule has 0 aliphatic carbocycles. The van der Waals surface area contributed by atoms with Crippen molar-refractivity contribution >= 4 is 22.0 Å². The Morgan fingerprint density at radius 3 is 2.63 bits per heavy atom. The Kier molecular flexibility index (Phi) is 2.94. The third-order valence-electron chi connectivity index (χ3n) is 2.91. The first kappa shape index (κ1) is 12.1. The van der Waals surface area contributed by atoms with Gasteiger partial charge >= 0.3 is 0 Å². The maximum atomic E-state index is 5.68. The number of nitrogens with two attached hydrogens (primary N) is 1. The molecule has 0 spiro atoms. The Morgan fingerprint density at radius 1 is 1.21 bits per heavy atom. The summed E-state index contributed by atoms with van der Waals surface area (Å²) in [7, 11) is 0. The number of anilines is 1.